The Morgan fingerprint density at radius 1 is 1.17 bits per heavy atom. The molecule has 1 aromatic rings. The van der Waals surface area contributed by atoms with Crippen LogP contribution in [0.15, 0.2) is 33.3 Å². The Labute approximate surface area is 166 Å². The summed E-state index contributed by atoms with van der Waals surface area (Å²) < 4.78 is 5.16. The first-order valence-corrected chi connectivity index (χ1v) is 9.00. The molecule has 0 aliphatic heterocycles. The summed E-state index contributed by atoms with van der Waals surface area (Å²) in [7, 11) is 0. The first-order valence-electron chi connectivity index (χ1n) is 8.12. The van der Waals surface area contributed by atoms with Gasteiger partial charge in [-0.3, -0.25) is 25.0 Å². The van der Waals surface area contributed by atoms with Crippen molar-refractivity contribution in [2.24, 2.45) is 10.2 Å². The third kappa shape index (κ3) is 5.48. The summed E-state index contributed by atoms with van der Waals surface area (Å²) >= 11 is 0.986. The predicted molar refractivity (Wildman–Crippen MR) is 100 cm³/mol. The lowest BCUT2D eigenvalue weighted by Gasteiger charge is -2.36. The smallest absolute Gasteiger partial charge is 0.302 e. The number of azide groups is 2. The second-order valence-electron chi connectivity index (χ2n) is 5.99. The number of hydrogen-bond donors (Lipinski definition) is 0. The third-order valence-corrected chi connectivity index (χ3v) is 5.56. The molecule has 0 radical (unpaired) electrons. The Kier molecular flexibility index (Phi) is 7.20. The fourth-order valence-corrected chi connectivity index (χ4v) is 4.30. The topological polar surface area (TPSA) is 210 Å². The number of nitro benzene ring substituents is 2. The number of nitro groups is 2. The van der Waals surface area contributed by atoms with Crippen molar-refractivity contribution in [2.45, 2.75) is 48.1 Å². The molecule has 0 aromatic heterocycles. The van der Waals surface area contributed by atoms with E-state index >= 15 is 0 Å². The molecule has 0 spiro atoms. The normalized spacial score (nSPS) is 23.2. The SMILES string of the molecule is CC(=O)O[C@H]1C[C@H](N=[N+]=[N-])[C@@H](Sc2ccc([N+](=O)[O-])cc2[N+](=O)[O-])C[C@@H]1N=[N+]=[N-]. The number of nitrogens with zero attached hydrogens (tertiary/aromatic N) is 8. The van der Waals surface area contributed by atoms with Crippen LogP contribution in [0.5, 0.6) is 0 Å². The lowest BCUT2D eigenvalue weighted by molar-refractivity contribution is -0.396. The van der Waals surface area contributed by atoms with E-state index in [2.05, 4.69) is 20.1 Å². The second kappa shape index (κ2) is 9.59. The molecule has 0 amide bonds. The van der Waals surface area contributed by atoms with E-state index in [4.69, 9.17) is 15.8 Å². The maximum Gasteiger partial charge on any atom is 0.302 e. The van der Waals surface area contributed by atoms with Crippen LogP contribution in [-0.2, 0) is 9.53 Å². The van der Waals surface area contributed by atoms with Crippen LogP contribution >= 0.6 is 11.8 Å². The van der Waals surface area contributed by atoms with E-state index in [0.29, 0.717) is 0 Å². The van der Waals surface area contributed by atoms with Crippen molar-refractivity contribution in [1.29, 1.82) is 0 Å². The number of thioether (sulfide) groups is 1. The van der Waals surface area contributed by atoms with Gasteiger partial charge in [0.25, 0.3) is 11.4 Å². The van der Waals surface area contributed by atoms with Gasteiger partial charge in [-0.25, -0.2) is 0 Å². The zero-order valence-electron chi connectivity index (χ0n) is 14.9. The summed E-state index contributed by atoms with van der Waals surface area (Å²) in [6, 6.07) is 1.75. The Hall–Kier alpha value is -3.54. The molecule has 1 saturated carbocycles. The van der Waals surface area contributed by atoms with Gasteiger partial charge in [-0.05, 0) is 30.0 Å². The van der Waals surface area contributed by atoms with Gasteiger partial charge in [0.05, 0.1) is 32.9 Å². The largest absolute Gasteiger partial charge is 0.462 e. The van der Waals surface area contributed by atoms with Crippen molar-refractivity contribution in [3.05, 3.63) is 59.3 Å². The number of carbonyl (C=O) groups excluding carboxylic acids is 1. The molecular formula is C14H14N8O6S. The van der Waals surface area contributed by atoms with Crippen LogP contribution in [0.1, 0.15) is 19.8 Å². The van der Waals surface area contributed by atoms with Crippen LogP contribution in [0.25, 0.3) is 20.9 Å². The van der Waals surface area contributed by atoms with E-state index in [0.717, 1.165) is 23.9 Å². The number of rotatable bonds is 7. The first kappa shape index (κ1) is 21.8. The van der Waals surface area contributed by atoms with E-state index in [1.165, 1.54) is 13.0 Å². The van der Waals surface area contributed by atoms with Gasteiger partial charge in [-0.1, -0.05) is 10.2 Å². The second-order valence-corrected chi connectivity index (χ2v) is 7.27. The summed E-state index contributed by atoms with van der Waals surface area (Å²) in [5, 5.41) is 29.0. The minimum absolute atomic E-state index is 0.0613. The van der Waals surface area contributed by atoms with Crippen molar-refractivity contribution in [3.63, 3.8) is 0 Å². The van der Waals surface area contributed by atoms with Crippen LogP contribution in [-0.4, -0.2) is 39.3 Å². The van der Waals surface area contributed by atoms with Crippen LogP contribution in [0.4, 0.5) is 11.4 Å². The molecule has 29 heavy (non-hydrogen) atoms. The highest BCUT2D eigenvalue weighted by atomic mass is 32.2. The fraction of sp³-hybridized carbons (Fsp3) is 0.500. The van der Waals surface area contributed by atoms with Crippen LogP contribution < -0.4 is 0 Å². The molecule has 152 valence electrons. The van der Waals surface area contributed by atoms with Crippen molar-refractivity contribution >= 4 is 29.1 Å². The van der Waals surface area contributed by atoms with Crippen molar-refractivity contribution in [3.8, 4) is 0 Å². The lowest BCUT2D eigenvalue weighted by atomic mass is 9.89. The standard InChI is InChI=1S/C14H14N8O6S/c1-7(23)28-12-5-10(18-20-16)14(6-9(12)17-19-15)29-13-3-2-8(21(24)25)4-11(13)22(26)27/h2-4,9-10,12,14H,5-6H2,1H3/t9-,10-,12-,14-/m0/s1. The molecule has 1 aromatic carbocycles. The van der Waals surface area contributed by atoms with Gasteiger partial charge >= 0.3 is 5.97 Å². The van der Waals surface area contributed by atoms with Gasteiger partial charge < -0.3 is 4.74 Å². The van der Waals surface area contributed by atoms with E-state index in [1.807, 2.05) is 0 Å². The van der Waals surface area contributed by atoms with Crippen molar-refractivity contribution in [1.82, 2.24) is 0 Å². The highest BCUT2D eigenvalue weighted by Gasteiger charge is 2.39. The molecule has 1 aliphatic rings. The van der Waals surface area contributed by atoms with Gasteiger partial charge in [-0.2, -0.15) is 0 Å². The van der Waals surface area contributed by atoms with E-state index in [-0.39, 0.29) is 17.7 Å². The van der Waals surface area contributed by atoms with E-state index in [9.17, 15) is 25.0 Å². The van der Waals surface area contributed by atoms with E-state index in [1.54, 1.807) is 0 Å². The maximum absolute atomic E-state index is 11.3. The predicted octanol–water partition coefficient (Wildman–Crippen LogP) is 4.05. The minimum atomic E-state index is -0.803. The number of carbonyl (C=O) groups is 1. The quantitative estimate of drug-likeness (QED) is 0.157. The van der Waals surface area contributed by atoms with Crippen molar-refractivity contribution in [2.75, 3.05) is 0 Å². The van der Waals surface area contributed by atoms with Crippen LogP contribution in [0.2, 0.25) is 0 Å². The molecule has 0 unspecified atom stereocenters. The summed E-state index contributed by atoms with van der Waals surface area (Å²) in [6.45, 7) is 1.19. The van der Waals surface area contributed by atoms with Crippen molar-refractivity contribution < 1.29 is 19.4 Å². The monoisotopic (exact) mass is 422 g/mol. The average Bonchev–Trinajstić information content (AvgIpc) is 2.64. The number of ether oxygens (including phenoxy) is 1. The Morgan fingerprint density at radius 3 is 2.38 bits per heavy atom. The van der Waals surface area contributed by atoms with Gasteiger partial charge in [-0.15, -0.1) is 11.8 Å². The zero-order valence-corrected chi connectivity index (χ0v) is 15.7. The number of non-ortho nitro benzene ring substituents is 1. The molecule has 1 fully saturated rings. The molecule has 4 atom stereocenters. The van der Waals surface area contributed by atoms with Gasteiger partial charge in [0, 0.05) is 28.1 Å². The molecule has 0 bridgehead atoms. The maximum atomic E-state index is 11.3. The lowest BCUT2D eigenvalue weighted by Crippen LogP contribution is -2.43. The molecule has 0 heterocycles. The molecule has 1 aliphatic carbocycles. The van der Waals surface area contributed by atoms with Crippen LogP contribution in [0, 0.1) is 20.2 Å². The van der Waals surface area contributed by atoms with Crippen LogP contribution in [0.3, 0.4) is 0 Å². The molecule has 2 rings (SSSR count). The Morgan fingerprint density at radius 2 is 1.83 bits per heavy atom. The van der Waals surface area contributed by atoms with Gasteiger partial charge in [0.2, 0.25) is 0 Å². The summed E-state index contributed by atoms with van der Waals surface area (Å²) in [4.78, 5) is 37.7. The highest BCUT2D eigenvalue weighted by molar-refractivity contribution is 8.00. The van der Waals surface area contributed by atoms with Gasteiger partial charge in [0.1, 0.15) is 6.10 Å². The minimum Gasteiger partial charge on any atom is -0.462 e. The van der Waals surface area contributed by atoms with Gasteiger partial charge in [0.15, 0.2) is 0 Å². The molecule has 0 saturated heterocycles. The molecule has 15 heteroatoms. The Balaban J connectivity index is 2.37. The fourth-order valence-electron chi connectivity index (χ4n) is 2.96. The summed E-state index contributed by atoms with van der Waals surface area (Å²) in [5.74, 6) is -0.593. The third-order valence-electron chi connectivity index (χ3n) is 4.15. The molecule has 14 nitrogen and oxygen atoms in total. The number of hydrogen-bond acceptors (Lipinski definition) is 9. The highest BCUT2D eigenvalue weighted by Crippen LogP contribution is 2.42. The number of benzene rings is 1. The average molecular weight is 422 g/mol. The molecular weight excluding hydrogens is 408 g/mol. The summed E-state index contributed by atoms with van der Waals surface area (Å²) in [5.41, 5.74) is 16.7. The number of esters is 1. The Bertz CT molecular complexity index is 929. The first-order chi connectivity index (χ1) is 13.8. The van der Waals surface area contributed by atoms with E-state index < -0.39 is 50.6 Å². The summed E-state index contributed by atoms with van der Waals surface area (Å²) in [6.07, 6.45) is -0.626. The molecule has 0 N–H and O–H groups in total. The zero-order chi connectivity index (χ0) is 21.6.